The Morgan fingerprint density at radius 1 is 1.04 bits per heavy atom. The number of hydrogen-bond donors (Lipinski definition) is 2. The van der Waals surface area contributed by atoms with Crippen LogP contribution in [0.5, 0.6) is 0 Å². The van der Waals surface area contributed by atoms with Crippen LogP contribution < -0.4 is 15.7 Å². The number of guanidine groups is 1. The van der Waals surface area contributed by atoms with Crippen LogP contribution in [-0.4, -0.2) is 48.8 Å². The van der Waals surface area contributed by atoms with Crippen molar-refractivity contribution in [1.29, 1.82) is 0 Å². The van der Waals surface area contributed by atoms with Gasteiger partial charge in [0.25, 0.3) is 0 Å². The summed E-state index contributed by atoms with van der Waals surface area (Å²) in [6.45, 7) is 0. The predicted octanol–water partition coefficient (Wildman–Crippen LogP) is 3.69. The van der Waals surface area contributed by atoms with Gasteiger partial charge in [-0.05, 0) is 12.1 Å². The topological polar surface area (TPSA) is 45.0 Å². The first-order chi connectivity index (χ1) is 10.5. The zero-order valence-electron chi connectivity index (χ0n) is 13.3. The van der Waals surface area contributed by atoms with Crippen molar-refractivity contribution in [3.05, 3.63) is 24.3 Å². The van der Waals surface area contributed by atoms with Gasteiger partial charge in [-0.15, -0.1) is 5.01 Å². The van der Waals surface area contributed by atoms with Gasteiger partial charge in [0.05, 0.1) is 28.2 Å². The molecule has 1 aliphatic rings. The molecule has 0 unspecified atom stereocenters. The first-order valence-corrected chi connectivity index (χ1v) is 8.42. The van der Waals surface area contributed by atoms with Gasteiger partial charge in [-0.3, -0.25) is 14.7 Å². The van der Waals surface area contributed by atoms with Gasteiger partial charge in [0.15, 0.2) is 5.69 Å². The van der Waals surface area contributed by atoms with E-state index in [9.17, 15) is 30.4 Å². The van der Waals surface area contributed by atoms with E-state index >= 15 is 0 Å². The van der Waals surface area contributed by atoms with Crippen LogP contribution in [0.4, 0.5) is 36.6 Å². The molecular formula is C11H18F6N5OP. The van der Waals surface area contributed by atoms with Gasteiger partial charge in [-0.2, -0.15) is 5.17 Å². The van der Waals surface area contributed by atoms with Gasteiger partial charge in [0.1, 0.15) is 5.69 Å². The summed E-state index contributed by atoms with van der Waals surface area (Å²) in [5.41, 5.74) is 4.52. The fourth-order valence-corrected chi connectivity index (χ4v) is 1.99. The Morgan fingerprint density at radius 3 is 1.83 bits per heavy atom. The predicted molar refractivity (Wildman–Crippen MR) is 80.7 cm³/mol. The van der Waals surface area contributed by atoms with Gasteiger partial charge in [0, 0.05) is 0 Å². The Hall–Kier alpha value is -1.78. The normalized spacial score (nSPS) is 16.5. The van der Waals surface area contributed by atoms with Crippen LogP contribution in [0.1, 0.15) is 0 Å². The molecule has 140 valence electrons. The van der Waals surface area contributed by atoms with Crippen molar-refractivity contribution < 1.29 is 35.0 Å². The van der Waals surface area contributed by atoms with E-state index in [1.807, 2.05) is 66.9 Å². The molecule has 1 heterocycles. The molecule has 24 heavy (non-hydrogen) atoms. The third kappa shape index (κ3) is 6.77. The van der Waals surface area contributed by atoms with Gasteiger partial charge < -0.3 is 0 Å². The number of hydrogen-bond acceptors (Lipinski definition) is 3. The number of para-hydroxylation sites is 2. The number of rotatable bonds is 0. The first kappa shape index (κ1) is 20.3. The van der Waals surface area contributed by atoms with Crippen LogP contribution in [0.15, 0.2) is 24.3 Å². The molecule has 0 aromatic heterocycles. The summed E-state index contributed by atoms with van der Waals surface area (Å²) in [6.07, 6.45) is 0. The standard InChI is InChI=1S/C11H18N5O.F6P/c1-13(2)11(14(3)4)15-9-7-5-6-8-10(9)16(17)12-15;1-7(2,3,4,5)6/h5-8,12,17H,1-4H3;/q+1;-1. The summed E-state index contributed by atoms with van der Waals surface area (Å²) in [5, 5.41) is 12.6. The first-order valence-electron chi connectivity index (χ1n) is 6.40. The van der Waals surface area contributed by atoms with E-state index in [0.29, 0.717) is 0 Å². The molecule has 2 rings (SSSR count). The molecule has 2 N–H and O–H groups in total. The maximum absolute atomic E-state index is 10.7. The molecule has 1 aliphatic heterocycles. The fraction of sp³-hybridized carbons (Fsp3) is 0.364. The van der Waals surface area contributed by atoms with E-state index in [-0.39, 0.29) is 0 Å². The minimum absolute atomic E-state index is 0.730. The van der Waals surface area contributed by atoms with E-state index in [0.717, 1.165) is 22.5 Å². The average Bonchev–Trinajstić information content (AvgIpc) is 2.63. The molecule has 1 aromatic carbocycles. The summed E-state index contributed by atoms with van der Waals surface area (Å²) in [6, 6.07) is 7.63. The molecule has 13 heteroatoms. The fourth-order valence-electron chi connectivity index (χ4n) is 1.99. The third-order valence-corrected chi connectivity index (χ3v) is 2.55. The van der Waals surface area contributed by atoms with Crippen LogP contribution >= 0.6 is 7.81 Å². The Balaban J connectivity index is 0.000000351. The molecular weight excluding hydrogens is 363 g/mol. The number of fused-ring (bicyclic) bond motifs is 1. The molecule has 6 nitrogen and oxygen atoms in total. The molecule has 1 aromatic rings. The number of nitrogens with one attached hydrogen (secondary N) is 1. The third-order valence-electron chi connectivity index (χ3n) is 2.55. The molecule has 0 spiro atoms. The Kier molecular flexibility index (Phi) is 4.76. The summed E-state index contributed by atoms with van der Waals surface area (Å²) in [4.78, 5) is 1.98. The molecule has 0 atom stereocenters. The summed E-state index contributed by atoms with van der Waals surface area (Å²) in [7, 11) is -2.83. The quantitative estimate of drug-likeness (QED) is 0.236. The summed E-state index contributed by atoms with van der Waals surface area (Å²) < 4.78 is 61.2. The molecule has 0 bridgehead atoms. The number of benzene rings is 1. The Bertz CT molecular complexity index is 632. The molecule has 0 radical (unpaired) electrons. The number of nitrogens with zero attached hydrogens (tertiary/aromatic N) is 4. The molecule has 0 saturated carbocycles. The monoisotopic (exact) mass is 381 g/mol. The summed E-state index contributed by atoms with van der Waals surface area (Å²) in [5.74, 6) is 0.925. The van der Waals surface area contributed by atoms with Gasteiger partial charge in [0.2, 0.25) is 0 Å². The zero-order chi connectivity index (χ0) is 19.0. The van der Waals surface area contributed by atoms with Crippen molar-refractivity contribution in [2.24, 2.45) is 0 Å². The van der Waals surface area contributed by atoms with Crippen molar-refractivity contribution in [2.75, 3.05) is 38.4 Å². The van der Waals surface area contributed by atoms with Gasteiger partial charge >= 0.3 is 38.9 Å². The van der Waals surface area contributed by atoms with Crippen molar-refractivity contribution in [2.45, 2.75) is 0 Å². The average molecular weight is 381 g/mol. The van der Waals surface area contributed by atoms with E-state index in [2.05, 4.69) is 5.53 Å². The van der Waals surface area contributed by atoms with E-state index in [1.165, 1.54) is 0 Å². The van der Waals surface area contributed by atoms with Crippen LogP contribution in [0.25, 0.3) is 0 Å². The summed E-state index contributed by atoms with van der Waals surface area (Å²) >= 11 is 0. The number of halogens is 6. The van der Waals surface area contributed by atoms with E-state index in [4.69, 9.17) is 0 Å². The molecule has 0 aliphatic carbocycles. The number of hydrazine groups is 2. The van der Waals surface area contributed by atoms with Crippen molar-refractivity contribution in [1.82, 2.24) is 10.4 Å². The van der Waals surface area contributed by atoms with Crippen molar-refractivity contribution >= 4 is 25.1 Å². The van der Waals surface area contributed by atoms with E-state index < -0.39 is 7.81 Å². The Morgan fingerprint density at radius 2 is 1.46 bits per heavy atom. The van der Waals surface area contributed by atoms with Crippen LogP contribution in [-0.2, 0) is 0 Å². The number of anilines is 2. The van der Waals surface area contributed by atoms with Gasteiger partial charge in [-0.25, -0.2) is 0 Å². The second kappa shape index (κ2) is 5.64. The zero-order valence-corrected chi connectivity index (χ0v) is 14.2. The molecule has 0 saturated heterocycles. The maximum atomic E-state index is 9.87. The molecule has 0 fully saturated rings. The minimum atomic E-state index is -10.7. The van der Waals surface area contributed by atoms with Crippen LogP contribution in [0, 0.1) is 0 Å². The van der Waals surface area contributed by atoms with Crippen LogP contribution in [0.3, 0.4) is 0 Å². The van der Waals surface area contributed by atoms with Crippen molar-refractivity contribution in [3.63, 3.8) is 0 Å². The second-order valence-electron chi connectivity index (χ2n) is 5.28. The van der Waals surface area contributed by atoms with E-state index in [1.54, 1.807) is 0 Å². The SMILES string of the molecule is CN(C)C(N1NN(O)c2ccccc21)=[N+](C)C.F[P-](F)(F)(F)(F)F. The van der Waals surface area contributed by atoms with Crippen molar-refractivity contribution in [3.8, 4) is 0 Å². The van der Waals surface area contributed by atoms with Crippen LogP contribution in [0.2, 0.25) is 0 Å². The van der Waals surface area contributed by atoms with Gasteiger partial charge in [-0.1, -0.05) is 17.7 Å². The Labute approximate surface area is 134 Å². The molecule has 0 amide bonds. The second-order valence-corrected chi connectivity index (χ2v) is 7.20.